The summed E-state index contributed by atoms with van der Waals surface area (Å²) in [6.07, 6.45) is 5.47. The van der Waals surface area contributed by atoms with E-state index in [-0.39, 0.29) is 17.9 Å². The van der Waals surface area contributed by atoms with Crippen LogP contribution in [0.4, 0.5) is 0 Å². The Hall–Kier alpha value is -3.19. The average molecular weight is 430 g/mol. The highest BCUT2D eigenvalue weighted by molar-refractivity contribution is 6.31. The van der Waals surface area contributed by atoms with Crippen molar-refractivity contribution in [2.75, 3.05) is 14.2 Å². The fraction of sp³-hybridized carbons (Fsp3) is 0.273. The number of nitrogens with one attached hydrogen (secondary N) is 2. The van der Waals surface area contributed by atoms with Gasteiger partial charge in [0.2, 0.25) is 0 Å². The number of pyridine rings is 1. The Labute approximate surface area is 179 Å². The molecular weight excluding hydrogens is 406 g/mol. The van der Waals surface area contributed by atoms with Crippen molar-refractivity contribution >= 4 is 29.4 Å². The van der Waals surface area contributed by atoms with Crippen molar-refractivity contribution in [2.24, 2.45) is 0 Å². The minimum absolute atomic E-state index is 0.0425. The highest BCUT2D eigenvalue weighted by Crippen LogP contribution is 2.34. The maximum Gasteiger partial charge on any atom is 0.252 e. The first-order valence-corrected chi connectivity index (χ1v) is 9.73. The number of halogens is 1. The van der Waals surface area contributed by atoms with Crippen molar-refractivity contribution < 1.29 is 14.3 Å². The van der Waals surface area contributed by atoms with Gasteiger partial charge in [0, 0.05) is 47.8 Å². The molecule has 1 atom stereocenters. The van der Waals surface area contributed by atoms with Crippen molar-refractivity contribution in [3.05, 3.63) is 63.7 Å². The lowest BCUT2D eigenvalue weighted by molar-refractivity contribution is -0.110. The van der Waals surface area contributed by atoms with Gasteiger partial charge in [0.25, 0.3) is 5.56 Å². The Morgan fingerprint density at radius 3 is 2.67 bits per heavy atom. The van der Waals surface area contributed by atoms with E-state index < -0.39 is 11.6 Å². The fourth-order valence-corrected chi connectivity index (χ4v) is 3.20. The van der Waals surface area contributed by atoms with Crippen LogP contribution < -0.4 is 15.6 Å². The van der Waals surface area contributed by atoms with Gasteiger partial charge in [-0.2, -0.15) is 0 Å². The van der Waals surface area contributed by atoms with E-state index in [4.69, 9.17) is 21.7 Å². The van der Waals surface area contributed by atoms with Gasteiger partial charge in [0.05, 0.1) is 19.3 Å². The van der Waals surface area contributed by atoms with Crippen molar-refractivity contribution in [1.29, 1.82) is 5.41 Å². The van der Waals surface area contributed by atoms with Crippen LogP contribution in [-0.4, -0.2) is 36.5 Å². The van der Waals surface area contributed by atoms with E-state index in [1.165, 1.54) is 30.0 Å². The number of ether oxygens (including phenoxy) is 1. The molecular formula is C22H24ClN3O4. The molecule has 0 aliphatic carbocycles. The van der Waals surface area contributed by atoms with Crippen molar-refractivity contribution in [3.63, 3.8) is 0 Å². The first kappa shape index (κ1) is 23.1. The number of ketones is 1. The second-order valence-electron chi connectivity index (χ2n) is 6.52. The Balaban J connectivity index is 2.59. The molecule has 2 N–H and O–H groups in total. The number of rotatable bonds is 10. The van der Waals surface area contributed by atoms with Crippen LogP contribution in [0.5, 0.6) is 5.75 Å². The maximum atomic E-state index is 12.8. The minimum Gasteiger partial charge on any atom is -0.495 e. The molecule has 0 aliphatic rings. The zero-order chi connectivity index (χ0) is 22.3. The number of benzene rings is 1. The van der Waals surface area contributed by atoms with Crippen LogP contribution in [-0.2, 0) is 4.79 Å². The lowest BCUT2D eigenvalue weighted by Gasteiger charge is -2.18. The number of aldehydes is 1. The molecule has 0 amide bonds. The molecule has 8 heteroatoms. The quantitative estimate of drug-likeness (QED) is 0.341. The number of carbonyl (C=O) groups is 2. The topological polar surface area (TPSA) is 101 Å². The largest absolute Gasteiger partial charge is 0.495 e. The SMILES string of the molecule is CCC(=O)c1ccc(Cl)cc1-c1cc(=O)n(C(C=O)CC(=N)/C=C\NC)cc1OC. The molecule has 0 saturated carbocycles. The van der Waals surface area contributed by atoms with E-state index in [9.17, 15) is 14.4 Å². The standard InChI is InChI=1S/C22H24ClN3O4/c1-4-20(28)17-6-5-14(23)9-18(17)19-11-22(29)26(12-21(19)30-3)16(13-27)10-15(24)7-8-25-2/h5-9,11-13,16,24-25H,4,10H2,1-3H3/b8-7-,24-15?. The maximum absolute atomic E-state index is 12.8. The van der Waals surface area contributed by atoms with Crippen LogP contribution in [0.3, 0.4) is 0 Å². The molecule has 30 heavy (non-hydrogen) atoms. The van der Waals surface area contributed by atoms with Crippen LogP contribution in [0, 0.1) is 5.41 Å². The third kappa shape index (κ3) is 5.24. The summed E-state index contributed by atoms with van der Waals surface area (Å²) in [7, 11) is 3.13. The van der Waals surface area contributed by atoms with Crippen molar-refractivity contribution in [1.82, 2.24) is 9.88 Å². The number of carbonyl (C=O) groups excluding carboxylic acids is 2. The molecule has 0 bridgehead atoms. The summed E-state index contributed by atoms with van der Waals surface area (Å²) in [5.41, 5.74) is 1.06. The average Bonchev–Trinajstić information content (AvgIpc) is 2.75. The van der Waals surface area contributed by atoms with E-state index in [1.54, 1.807) is 38.4 Å². The van der Waals surface area contributed by atoms with Gasteiger partial charge in [-0.3, -0.25) is 9.59 Å². The molecule has 1 aromatic heterocycles. The molecule has 1 unspecified atom stereocenters. The Kier molecular flexibility index (Phi) is 8.12. The van der Waals surface area contributed by atoms with Gasteiger partial charge < -0.3 is 24.8 Å². The molecule has 0 spiro atoms. The van der Waals surface area contributed by atoms with Crippen LogP contribution in [0.15, 0.2) is 47.5 Å². The molecule has 2 aromatic rings. The molecule has 0 fully saturated rings. The summed E-state index contributed by atoms with van der Waals surface area (Å²) in [5, 5.41) is 11.1. The predicted octanol–water partition coefficient (Wildman–Crippen LogP) is 3.65. The van der Waals surface area contributed by atoms with Crippen molar-refractivity contribution in [2.45, 2.75) is 25.8 Å². The Bertz CT molecular complexity index is 1040. The number of Topliss-reactive ketones (excluding diaryl/α,β-unsaturated/α-hetero) is 1. The van der Waals surface area contributed by atoms with Crippen LogP contribution in [0.1, 0.15) is 36.2 Å². The number of aromatic nitrogens is 1. The molecule has 7 nitrogen and oxygen atoms in total. The Morgan fingerprint density at radius 1 is 1.33 bits per heavy atom. The second kappa shape index (κ2) is 10.5. The normalized spacial score (nSPS) is 11.9. The molecule has 1 aromatic carbocycles. The highest BCUT2D eigenvalue weighted by atomic mass is 35.5. The molecule has 0 aliphatic heterocycles. The van der Waals surface area contributed by atoms with Gasteiger partial charge >= 0.3 is 0 Å². The number of methoxy groups -OCH3 is 1. The van der Waals surface area contributed by atoms with Gasteiger partial charge in [-0.1, -0.05) is 18.5 Å². The number of nitrogens with zero attached hydrogens (tertiary/aromatic N) is 1. The summed E-state index contributed by atoms with van der Waals surface area (Å²) < 4.78 is 6.69. The number of hydrogen-bond acceptors (Lipinski definition) is 6. The van der Waals surface area contributed by atoms with Gasteiger partial charge in [-0.15, -0.1) is 0 Å². The predicted molar refractivity (Wildman–Crippen MR) is 118 cm³/mol. The molecule has 0 radical (unpaired) electrons. The van der Waals surface area contributed by atoms with Gasteiger partial charge in [0.15, 0.2) is 5.78 Å². The molecule has 0 saturated heterocycles. The number of hydrogen-bond donors (Lipinski definition) is 2. The lowest BCUT2D eigenvalue weighted by Crippen LogP contribution is -2.26. The zero-order valence-electron chi connectivity index (χ0n) is 17.1. The summed E-state index contributed by atoms with van der Waals surface area (Å²) in [5.74, 6) is 0.217. The van der Waals surface area contributed by atoms with E-state index in [2.05, 4.69) is 5.32 Å². The van der Waals surface area contributed by atoms with E-state index in [0.29, 0.717) is 40.2 Å². The van der Waals surface area contributed by atoms with Gasteiger partial charge in [-0.25, -0.2) is 0 Å². The fourth-order valence-electron chi connectivity index (χ4n) is 3.02. The van der Waals surface area contributed by atoms with E-state index >= 15 is 0 Å². The van der Waals surface area contributed by atoms with Crippen LogP contribution in [0.2, 0.25) is 5.02 Å². The second-order valence-corrected chi connectivity index (χ2v) is 6.96. The molecule has 158 valence electrons. The lowest BCUT2D eigenvalue weighted by atomic mass is 9.96. The smallest absolute Gasteiger partial charge is 0.252 e. The summed E-state index contributed by atoms with van der Waals surface area (Å²) in [6.45, 7) is 1.75. The molecule has 2 rings (SSSR count). The minimum atomic E-state index is -0.870. The monoisotopic (exact) mass is 429 g/mol. The van der Waals surface area contributed by atoms with Gasteiger partial charge in [-0.05, 0) is 36.0 Å². The third-order valence-corrected chi connectivity index (χ3v) is 4.79. The molecule has 1 heterocycles. The van der Waals surface area contributed by atoms with E-state index in [0.717, 1.165) is 0 Å². The summed E-state index contributed by atoms with van der Waals surface area (Å²) in [4.78, 5) is 36.9. The van der Waals surface area contributed by atoms with Crippen LogP contribution in [0.25, 0.3) is 11.1 Å². The first-order chi connectivity index (χ1) is 14.4. The third-order valence-electron chi connectivity index (χ3n) is 4.55. The first-order valence-electron chi connectivity index (χ1n) is 9.36. The number of allylic oxidation sites excluding steroid dienone is 1. The summed E-state index contributed by atoms with van der Waals surface area (Å²) in [6, 6.07) is 5.31. The van der Waals surface area contributed by atoms with Gasteiger partial charge in [0.1, 0.15) is 12.0 Å². The van der Waals surface area contributed by atoms with E-state index in [1.807, 2.05) is 0 Å². The Morgan fingerprint density at radius 2 is 2.07 bits per heavy atom. The van der Waals surface area contributed by atoms with Crippen LogP contribution >= 0.6 is 11.6 Å². The summed E-state index contributed by atoms with van der Waals surface area (Å²) >= 11 is 6.14. The zero-order valence-corrected chi connectivity index (χ0v) is 17.8. The van der Waals surface area contributed by atoms with Crippen molar-refractivity contribution in [3.8, 4) is 16.9 Å². The highest BCUT2D eigenvalue weighted by Gasteiger charge is 2.20.